The zero-order valence-electron chi connectivity index (χ0n) is 15.7. The van der Waals surface area contributed by atoms with Crippen LogP contribution in [0.15, 0.2) is 61.2 Å². The number of amides is 4. The number of halogens is 2. The second-order valence-electron chi connectivity index (χ2n) is 6.70. The van der Waals surface area contributed by atoms with Crippen LogP contribution in [0, 0.1) is 11.6 Å². The summed E-state index contributed by atoms with van der Waals surface area (Å²) in [5, 5.41) is 2.37. The molecule has 4 amide bonds. The van der Waals surface area contributed by atoms with Gasteiger partial charge in [-0.1, -0.05) is 24.3 Å². The third-order valence-corrected chi connectivity index (χ3v) is 4.72. The van der Waals surface area contributed by atoms with Gasteiger partial charge in [-0.15, -0.1) is 6.58 Å². The van der Waals surface area contributed by atoms with Crippen LogP contribution in [-0.2, 0) is 15.1 Å². The minimum Gasteiger partial charge on any atom is -0.319 e. The van der Waals surface area contributed by atoms with E-state index in [1.807, 2.05) is 0 Å². The summed E-state index contributed by atoms with van der Waals surface area (Å²) in [5.41, 5.74) is -1.56. The molecule has 0 radical (unpaired) electrons. The van der Waals surface area contributed by atoms with Gasteiger partial charge >= 0.3 is 6.03 Å². The Bertz CT molecular complexity index is 980. The van der Waals surface area contributed by atoms with E-state index in [2.05, 4.69) is 11.9 Å². The molecule has 1 saturated heterocycles. The van der Waals surface area contributed by atoms with Crippen molar-refractivity contribution in [3.8, 4) is 0 Å². The second-order valence-corrected chi connectivity index (χ2v) is 6.70. The number of anilines is 1. The van der Waals surface area contributed by atoms with Crippen molar-refractivity contribution >= 4 is 23.5 Å². The van der Waals surface area contributed by atoms with E-state index in [0.717, 1.165) is 18.2 Å². The predicted molar refractivity (Wildman–Crippen MR) is 103 cm³/mol. The Morgan fingerprint density at radius 1 is 1.21 bits per heavy atom. The summed E-state index contributed by atoms with van der Waals surface area (Å²) in [6.07, 6.45) is 1.52. The van der Waals surface area contributed by atoms with E-state index in [9.17, 15) is 23.2 Å². The van der Waals surface area contributed by atoms with Crippen LogP contribution in [0.1, 0.15) is 12.5 Å². The number of imide groups is 1. The Balaban J connectivity index is 1.87. The Hall–Kier alpha value is -3.55. The number of para-hydroxylation sites is 1. The van der Waals surface area contributed by atoms with E-state index in [-0.39, 0.29) is 12.1 Å². The fraction of sp³-hybridized carbons (Fsp3) is 0.190. The Morgan fingerprint density at radius 3 is 2.55 bits per heavy atom. The van der Waals surface area contributed by atoms with Crippen molar-refractivity contribution in [2.75, 3.05) is 18.0 Å². The molecule has 1 unspecified atom stereocenters. The number of urea groups is 1. The SMILES string of the molecule is C=CCN(C(=O)CN1C(=O)NC(C)(c2cc(F)ccc2F)C1=O)c1ccccc1. The fourth-order valence-corrected chi connectivity index (χ4v) is 3.21. The van der Waals surface area contributed by atoms with Gasteiger partial charge < -0.3 is 10.2 Å². The number of hydrogen-bond donors (Lipinski definition) is 1. The molecule has 1 aliphatic heterocycles. The average Bonchev–Trinajstić information content (AvgIpc) is 2.92. The van der Waals surface area contributed by atoms with Gasteiger partial charge in [0, 0.05) is 17.8 Å². The summed E-state index contributed by atoms with van der Waals surface area (Å²) < 4.78 is 27.8. The van der Waals surface area contributed by atoms with Crippen molar-refractivity contribution in [2.24, 2.45) is 0 Å². The second kappa shape index (κ2) is 7.83. The van der Waals surface area contributed by atoms with Crippen LogP contribution >= 0.6 is 0 Å². The van der Waals surface area contributed by atoms with Gasteiger partial charge in [0.25, 0.3) is 5.91 Å². The molecule has 0 saturated carbocycles. The number of nitrogens with zero attached hydrogens (tertiary/aromatic N) is 2. The highest BCUT2D eigenvalue weighted by Crippen LogP contribution is 2.31. The molecule has 1 fully saturated rings. The highest BCUT2D eigenvalue weighted by atomic mass is 19.1. The minimum absolute atomic E-state index is 0.169. The average molecular weight is 399 g/mol. The number of carbonyl (C=O) groups excluding carboxylic acids is 3. The lowest BCUT2D eigenvalue weighted by molar-refractivity contribution is -0.134. The summed E-state index contributed by atoms with van der Waals surface area (Å²) in [7, 11) is 0. The molecule has 6 nitrogen and oxygen atoms in total. The van der Waals surface area contributed by atoms with Gasteiger partial charge in [0.1, 0.15) is 23.7 Å². The van der Waals surface area contributed by atoms with E-state index < -0.39 is 41.6 Å². The Kier molecular flexibility index (Phi) is 5.45. The summed E-state index contributed by atoms with van der Waals surface area (Å²) >= 11 is 0. The minimum atomic E-state index is -1.82. The molecule has 1 atom stereocenters. The molecule has 3 rings (SSSR count). The van der Waals surface area contributed by atoms with Gasteiger partial charge in [-0.25, -0.2) is 13.6 Å². The van der Waals surface area contributed by atoms with Crippen LogP contribution in [0.5, 0.6) is 0 Å². The van der Waals surface area contributed by atoms with Crippen molar-refractivity contribution in [1.82, 2.24) is 10.2 Å². The largest absolute Gasteiger partial charge is 0.325 e. The van der Waals surface area contributed by atoms with Crippen LogP contribution in [0.3, 0.4) is 0 Å². The molecular formula is C21H19F2N3O3. The number of rotatable bonds is 6. The number of carbonyl (C=O) groups is 3. The van der Waals surface area contributed by atoms with E-state index in [1.165, 1.54) is 17.9 Å². The lowest BCUT2D eigenvalue weighted by atomic mass is 9.91. The van der Waals surface area contributed by atoms with Crippen molar-refractivity contribution < 1.29 is 23.2 Å². The van der Waals surface area contributed by atoms with Gasteiger partial charge in [-0.05, 0) is 37.3 Å². The maximum absolute atomic E-state index is 14.2. The highest BCUT2D eigenvalue weighted by Gasteiger charge is 2.51. The Morgan fingerprint density at radius 2 is 1.90 bits per heavy atom. The molecule has 1 aliphatic rings. The summed E-state index contributed by atoms with van der Waals surface area (Å²) in [5.74, 6) is -2.95. The van der Waals surface area contributed by atoms with E-state index in [1.54, 1.807) is 30.3 Å². The normalized spacial score (nSPS) is 18.5. The smallest absolute Gasteiger partial charge is 0.319 e. The first-order chi connectivity index (χ1) is 13.8. The number of benzene rings is 2. The highest BCUT2D eigenvalue weighted by molar-refractivity contribution is 6.10. The maximum Gasteiger partial charge on any atom is 0.325 e. The van der Waals surface area contributed by atoms with Crippen LogP contribution in [0.2, 0.25) is 0 Å². The molecule has 0 aliphatic carbocycles. The zero-order valence-corrected chi connectivity index (χ0v) is 15.7. The molecular weight excluding hydrogens is 380 g/mol. The summed E-state index contributed by atoms with van der Waals surface area (Å²) in [6, 6.07) is 10.5. The van der Waals surface area contributed by atoms with Gasteiger partial charge in [0.2, 0.25) is 5.91 Å². The fourth-order valence-electron chi connectivity index (χ4n) is 3.21. The number of hydrogen-bond acceptors (Lipinski definition) is 3. The van der Waals surface area contributed by atoms with Crippen molar-refractivity contribution in [3.05, 3.63) is 78.4 Å². The van der Waals surface area contributed by atoms with E-state index >= 15 is 0 Å². The first-order valence-corrected chi connectivity index (χ1v) is 8.84. The van der Waals surface area contributed by atoms with Crippen LogP contribution < -0.4 is 10.2 Å². The van der Waals surface area contributed by atoms with Crippen molar-refractivity contribution in [2.45, 2.75) is 12.5 Å². The topological polar surface area (TPSA) is 69.7 Å². The molecule has 0 bridgehead atoms. The van der Waals surface area contributed by atoms with Crippen molar-refractivity contribution in [1.29, 1.82) is 0 Å². The molecule has 0 aromatic heterocycles. The molecule has 150 valence electrons. The van der Waals surface area contributed by atoms with Crippen LogP contribution in [-0.4, -0.2) is 35.8 Å². The molecule has 1 N–H and O–H groups in total. The van der Waals surface area contributed by atoms with E-state index in [0.29, 0.717) is 10.6 Å². The summed E-state index contributed by atoms with van der Waals surface area (Å²) in [6.45, 7) is 4.51. The van der Waals surface area contributed by atoms with Crippen molar-refractivity contribution in [3.63, 3.8) is 0 Å². The third kappa shape index (κ3) is 3.73. The summed E-state index contributed by atoms with van der Waals surface area (Å²) in [4.78, 5) is 40.2. The molecule has 2 aromatic carbocycles. The predicted octanol–water partition coefficient (Wildman–Crippen LogP) is 2.95. The molecule has 0 spiro atoms. The zero-order chi connectivity index (χ0) is 21.2. The van der Waals surface area contributed by atoms with Gasteiger partial charge in [0.15, 0.2) is 0 Å². The van der Waals surface area contributed by atoms with Gasteiger partial charge in [-0.3, -0.25) is 14.5 Å². The number of nitrogens with one attached hydrogen (secondary N) is 1. The standard InChI is InChI=1S/C21H19F2N3O3/c1-3-11-25(15-7-5-4-6-8-15)18(27)13-26-19(28)21(2,24-20(26)29)16-12-14(22)9-10-17(16)23/h3-10,12H,1,11,13H2,2H3,(H,24,29). The first kappa shape index (κ1) is 20.2. The maximum atomic E-state index is 14.2. The lowest BCUT2D eigenvalue weighted by Crippen LogP contribution is -2.45. The first-order valence-electron chi connectivity index (χ1n) is 8.84. The van der Waals surface area contributed by atoms with E-state index in [4.69, 9.17) is 0 Å². The van der Waals surface area contributed by atoms with Gasteiger partial charge in [-0.2, -0.15) is 0 Å². The van der Waals surface area contributed by atoms with Gasteiger partial charge in [0.05, 0.1) is 0 Å². The van der Waals surface area contributed by atoms with Crippen LogP contribution in [0.25, 0.3) is 0 Å². The molecule has 2 aromatic rings. The molecule has 29 heavy (non-hydrogen) atoms. The lowest BCUT2D eigenvalue weighted by Gasteiger charge is -2.25. The molecule has 8 heteroatoms. The van der Waals surface area contributed by atoms with Crippen LogP contribution in [0.4, 0.5) is 19.3 Å². The quantitative estimate of drug-likeness (QED) is 0.600. The molecule has 1 heterocycles. The monoisotopic (exact) mass is 399 g/mol. The third-order valence-electron chi connectivity index (χ3n) is 4.72. The Labute approximate surface area is 166 Å².